The fourth-order valence-electron chi connectivity index (χ4n) is 2.26. The fraction of sp³-hybridized carbons (Fsp3) is 0.300. The second-order valence-electron chi connectivity index (χ2n) is 5.68. The van der Waals surface area contributed by atoms with Crippen molar-refractivity contribution in [2.24, 2.45) is 0 Å². The van der Waals surface area contributed by atoms with Gasteiger partial charge < -0.3 is 9.47 Å². The maximum Gasteiger partial charge on any atom is 0.272 e. The molecule has 7 heteroatoms. The molecule has 0 aliphatic carbocycles. The first kappa shape index (κ1) is 20.2. The van der Waals surface area contributed by atoms with Gasteiger partial charge in [-0.3, -0.25) is 20.4 Å². The van der Waals surface area contributed by atoms with Crippen LogP contribution < -0.4 is 20.3 Å². The van der Waals surface area contributed by atoms with Crippen molar-refractivity contribution in [3.8, 4) is 11.5 Å². The second kappa shape index (κ2) is 10.2. The number of halogens is 1. The summed E-state index contributed by atoms with van der Waals surface area (Å²) in [4.78, 5) is 24.2. The summed E-state index contributed by atoms with van der Waals surface area (Å²) in [5.74, 6) is -0.970. The molecule has 0 unspecified atom stereocenters. The molecule has 0 aromatic heterocycles. The van der Waals surface area contributed by atoms with Crippen molar-refractivity contribution < 1.29 is 23.5 Å². The van der Waals surface area contributed by atoms with Crippen LogP contribution in [-0.2, 0) is 0 Å². The van der Waals surface area contributed by atoms with E-state index in [1.54, 1.807) is 12.1 Å². The molecule has 2 N–H and O–H groups in total. The molecule has 0 heterocycles. The van der Waals surface area contributed by atoms with Crippen molar-refractivity contribution in [2.75, 3.05) is 13.2 Å². The zero-order valence-corrected chi connectivity index (χ0v) is 15.4. The zero-order valence-electron chi connectivity index (χ0n) is 15.4. The first-order valence-electron chi connectivity index (χ1n) is 8.81. The van der Waals surface area contributed by atoms with Crippen molar-refractivity contribution in [1.82, 2.24) is 10.9 Å². The van der Waals surface area contributed by atoms with Crippen LogP contribution in [0.2, 0.25) is 0 Å². The van der Waals surface area contributed by atoms with Gasteiger partial charge in [0.1, 0.15) is 5.82 Å². The number of rotatable bonds is 8. The molecule has 27 heavy (non-hydrogen) atoms. The van der Waals surface area contributed by atoms with Crippen molar-refractivity contribution >= 4 is 11.8 Å². The summed E-state index contributed by atoms with van der Waals surface area (Å²) >= 11 is 0. The minimum atomic E-state index is -0.744. The van der Waals surface area contributed by atoms with Crippen LogP contribution >= 0.6 is 0 Å². The van der Waals surface area contributed by atoms with Gasteiger partial charge in [-0.2, -0.15) is 0 Å². The fourth-order valence-corrected chi connectivity index (χ4v) is 2.26. The number of amides is 2. The van der Waals surface area contributed by atoms with Crippen LogP contribution in [0.5, 0.6) is 11.5 Å². The standard InChI is InChI=1S/C20H23FN2O4/c1-3-5-12-27-17-11-10-14(13-18(17)26-4-2)19(24)22-23-20(25)15-8-6-7-9-16(15)21/h6-11,13H,3-5,12H2,1-2H3,(H,22,24)(H,23,25). The lowest BCUT2D eigenvalue weighted by Gasteiger charge is -2.13. The lowest BCUT2D eigenvalue weighted by molar-refractivity contribution is 0.0844. The average Bonchev–Trinajstić information content (AvgIpc) is 2.67. The molecule has 2 amide bonds. The van der Waals surface area contributed by atoms with Gasteiger partial charge in [0, 0.05) is 5.56 Å². The molecule has 0 radical (unpaired) electrons. The molecule has 0 bridgehead atoms. The van der Waals surface area contributed by atoms with Crippen LogP contribution in [0.15, 0.2) is 42.5 Å². The van der Waals surface area contributed by atoms with Crippen molar-refractivity contribution in [3.05, 3.63) is 59.4 Å². The number of hydrogen-bond acceptors (Lipinski definition) is 4. The number of hydrogen-bond donors (Lipinski definition) is 2. The predicted octanol–water partition coefficient (Wildman–Crippen LogP) is 3.48. The number of hydrazine groups is 1. The van der Waals surface area contributed by atoms with Gasteiger partial charge in [-0.25, -0.2) is 4.39 Å². The van der Waals surface area contributed by atoms with Gasteiger partial charge >= 0.3 is 0 Å². The molecule has 0 atom stereocenters. The number of nitrogens with one attached hydrogen (secondary N) is 2. The highest BCUT2D eigenvalue weighted by Gasteiger charge is 2.14. The number of carbonyl (C=O) groups is 2. The van der Waals surface area contributed by atoms with Gasteiger partial charge in [-0.1, -0.05) is 25.5 Å². The van der Waals surface area contributed by atoms with E-state index in [0.717, 1.165) is 12.8 Å². The van der Waals surface area contributed by atoms with Gasteiger partial charge in [0.2, 0.25) is 0 Å². The van der Waals surface area contributed by atoms with Gasteiger partial charge in [-0.05, 0) is 43.7 Å². The van der Waals surface area contributed by atoms with Gasteiger partial charge in [0.15, 0.2) is 11.5 Å². The van der Waals surface area contributed by atoms with Crippen LogP contribution in [0.3, 0.4) is 0 Å². The van der Waals surface area contributed by atoms with E-state index in [0.29, 0.717) is 24.7 Å². The highest BCUT2D eigenvalue weighted by atomic mass is 19.1. The smallest absolute Gasteiger partial charge is 0.272 e. The predicted molar refractivity (Wildman–Crippen MR) is 99.3 cm³/mol. The van der Waals surface area contributed by atoms with Crippen LogP contribution in [0.25, 0.3) is 0 Å². The molecule has 2 rings (SSSR count). The minimum absolute atomic E-state index is 0.160. The Morgan fingerprint density at radius 1 is 0.963 bits per heavy atom. The van der Waals surface area contributed by atoms with Crippen LogP contribution in [0.1, 0.15) is 47.4 Å². The highest BCUT2D eigenvalue weighted by molar-refractivity contribution is 5.99. The van der Waals surface area contributed by atoms with Gasteiger partial charge in [0.25, 0.3) is 11.8 Å². The number of ether oxygens (including phenoxy) is 2. The normalized spacial score (nSPS) is 10.2. The third-order valence-corrected chi connectivity index (χ3v) is 3.67. The number of unbranched alkanes of at least 4 members (excludes halogenated alkanes) is 1. The molecule has 0 saturated heterocycles. The lowest BCUT2D eigenvalue weighted by atomic mass is 10.2. The molecule has 0 aliphatic rings. The summed E-state index contributed by atoms with van der Waals surface area (Å²) in [5, 5.41) is 0. The molecule has 144 valence electrons. The van der Waals surface area contributed by atoms with Crippen LogP contribution in [0, 0.1) is 5.82 Å². The summed E-state index contributed by atoms with van der Waals surface area (Å²) in [6, 6.07) is 10.3. The second-order valence-corrected chi connectivity index (χ2v) is 5.68. The minimum Gasteiger partial charge on any atom is -0.490 e. The van der Waals surface area contributed by atoms with E-state index in [1.165, 1.54) is 30.3 Å². The number of carbonyl (C=O) groups excluding carboxylic acids is 2. The molecule has 0 spiro atoms. The maximum absolute atomic E-state index is 13.6. The van der Waals surface area contributed by atoms with Crippen molar-refractivity contribution in [3.63, 3.8) is 0 Å². The first-order valence-corrected chi connectivity index (χ1v) is 8.81. The maximum atomic E-state index is 13.6. The van der Waals surface area contributed by atoms with E-state index in [-0.39, 0.29) is 11.1 Å². The van der Waals surface area contributed by atoms with Gasteiger partial charge in [-0.15, -0.1) is 0 Å². The molecular formula is C20H23FN2O4. The first-order chi connectivity index (χ1) is 13.1. The Hall–Kier alpha value is -3.09. The molecule has 0 fully saturated rings. The summed E-state index contributed by atoms with van der Waals surface area (Å²) in [6.07, 6.45) is 1.92. The number of benzene rings is 2. The summed E-state index contributed by atoms with van der Waals surface area (Å²) in [7, 11) is 0. The summed E-state index contributed by atoms with van der Waals surface area (Å²) in [5.41, 5.74) is 4.57. The molecule has 0 saturated carbocycles. The van der Waals surface area contributed by atoms with Crippen LogP contribution in [0.4, 0.5) is 4.39 Å². The summed E-state index contributed by atoms with van der Waals surface area (Å²) in [6.45, 7) is 4.87. The molecule has 0 aliphatic heterocycles. The third kappa shape index (κ3) is 5.70. The highest BCUT2D eigenvalue weighted by Crippen LogP contribution is 2.28. The SMILES string of the molecule is CCCCOc1ccc(C(=O)NNC(=O)c2ccccc2F)cc1OCC. The Kier molecular flexibility index (Phi) is 7.61. The van der Waals surface area contributed by atoms with E-state index in [1.807, 2.05) is 6.92 Å². The Balaban J connectivity index is 2.03. The van der Waals surface area contributed by atoms with Crippen molar-refractivity contribution in [2.45, 2.75) is 26.7 Å². The Morgan fingerprint density at radius 2 is 1.70 bits per heavy atom. The quantitative estimate of drug-likeness (QED) is 0.548. The summed E-state index contributed by atoms with van der Waals surface area (Å²) < 4.78 is 24.8. The van der Waals surface area contributed by atoms with E-state index in [2.05, 4.69) is 17.8 Å². The van der Waals surface area contributed by atoms with E-state index >= 15 is 0 Å². The molecule has 2 aromatic carbocycles. The monoisotopic (exact) mass is 374 g/mol. The Labute approximate surface area is 157 Å². The molecular weight excluding hydrogens is 351 g/mol. The topological polar surface area (TPSA) is 76.7 Å². The zero-order chi connectivity index (χ0) is 19.6. The van der Waals surface area contributed by atoms with Gasteiger partial charge in [0.05, 0.1) is 18.8 Å². The molecule has 6 nitrogen and oxygen atoms in total. The Morgan fingerprint density at radius 3 is 2.41 bits per heavy atom. The lowest BCUT2D eigenvalue weighted by Crippen LogP contribution is -2.41. The third-order valence-electron chi connectivity index (χ3n) is 3.67. The Bertz CT molecular complexity index is 795. The largest absolute Gasteiger partial charge is 0.490 e. The average molecular weight is 374 g/mol. The van der Waals surface area contributed by atoms with Crippen molar-refractivity contribution in [1.29, 1.82) is 0 Å². The van der Waals surface area contributed by atoms with E-state index in [9.17, 15) is 14.0 Å². The van der Waals surface area contributed by atoms with E-state index < -0.39 is 17.6 Å². The van der Waals surface area contributed by atoms with Crippen LogP contribution in [-0.4, -0.2) is 25.0 Å². The molecule has 2 aromatic rings. The van der Waals surface area contributed by atoms with E-state index in [4.69, 9.17) is 9.47 Å².